The van der Waals surface area contributed by atoms with E-state index in [-0.39, 0.29) is 18.7 Å². The molecular formula is C29H30BrClF2N6O. The number of anilines is 2. The quantitative estimate of drug-likeness (QED) is 0.270. The van der Waals surface area contributed by atoms with Gasteiger partial charge in [0.05, 0.1) is 12.2 Å². The molecule has 1 N–H and O–H groups in total. The highest BCUT2D eigenvalue weighted by Gasteiger charge is 2.35. The predicted molar refractivity (Wildman–Crippen MR) is 157 cm³/mol. The van der Waals surface area contributed by atoms with Crippen LogP contribution in [0.4, 0.5) is 20.2 Å². The Labute approximate surface area is 245 Å². The molecule has 210 valence electrons. The third-order valence-electron chi connectivity index (χ3n) is 7.14. The summed E-state index contributed by atoms with van der Waals surface area (Å²) < 4.78 is 30.8. The summed E-state index contributed by atoms with van der Waals surface area (Å²) in [5.41, 5.74) is 1.71. The van der Waals surface area contributed by atoms with Gasteiger partial charge in [-0.3, -0.25) is 4.90 Å². The second-order valence-electron chi connectivity index (χ2n) is 10.2. The van der Waals surface area contributed by atoms with Gasteiger partial charge < -0.3 is 14.9 Å². The maximum atomic E-state index is 14.8. The van der Waals surface area contributed by atoms with E-state index in [1.165, 1.54) is 23.4 Å². The summed E-state index contributed by atoms with van der Waals surface area (Å²) in [5, 5.41) is 16.4. The number of halogens is 4. The molecule has 40 heavy (non-hydrogen) atoms. The molecule has 3 aromatic carbocycles. The van der Waals surface area contributed by atoms with Crippen molar-refractivity contribution in [1.82, 2.24) is 19.7 Å². The third kappa shape index (κ3) is 6.63. The highest BCUT2D eigenvalue weighted by molar-refractivity contribution is 9.10. The van der Waals surface area contributed by atoms with Crippen LogP contribution in [0.1, 0.15) is 11.1 Å². The molecule has 1 atom stereocenters. The van der Waals surface area contributed by atoms with E-state index in [1.54, 1.807) is 0 Å². The molecule has 0 spiro atoms. The van der Waals surface area contributed by atoms with Crippen molar-refractivity contribution < 1.29 is 13.9 Å². The van der Waals surface area contributed by atoms with Crippen molar-refractivity contribution in [2.45, 2.75) is 18.7 Å². The molecule has 2 heterocycles. The Hall–Kier alpha value is -3.05. The first kappa shape index (κ1) is 28.5. The van der Waals surface area contributed by atoms with E-state index in [4.69, 9.17) is 11.6 Å². The highest BCUT2D eigenvalue weighted by Crippen LogP contribution is 2.31. The Kier molecular flexibility index (Phi) is 8.70. The fourth-order valence-electron chi connectivity index (χ4n) is 5.24. The molecule has 1 fully saturated rings. The van der Waals surface area contributed by atoms with E-state index in [1.807, 2.05) is 30.1 Å². The minimum absolute atomic E-state index is 0.0105. The summed E-state index contributed by atoms with van der Waals surface area (Å²) in [6.45, 7) is 4.18. The van der Waals surface area contributed by atoms with Gasteiger partial charge >= 0.3 is 0 Å². The number of aromatic nitrogens is 3. The SMILES string of the molecule is CN(Cc1ccc(N2CCN(c3ccc(Cl)cc3Br)CC2)cc1)CC(O)(Cn1cncn1)c1ccc(F)cc1F. The van der Waals surface area contributed by atoms with Crippen molar-refractivity contribution >= 4 is 38.9 Å². The molecule has 7 nitrogen and oxygen atoms in total. The lowest BCUT2D eigenvalue weighted by molar-refractivity contribution is -0.0175. The number of hydrogen-bond donors (Lipinski definition) is 1. The molecule has 0 aliphatic carbocycles. The molecule has 0 saturated carbocycles. The van der Waals surface area contributed by atoms with Gasteiger partial charge in [-0.15, -0.1) is 0 Å². The Morgan fingerprint density at radius 3 is 2.38 bits per heavy atom. The molecule has 5 rings (SSSR count). The third-order valence-corrected chi connectivity index (χ3v) is 8.01. The van der Waals surface area contributed by atoms with Crippen molar-refractivity contribution in [3.63, 3.8) is 0 Å². The fourth-order valence-corrected chi connectivity index (χ4v) is 6.17. The van der Waals surface area contributed by atoms with Gasteiger partial charge in [0, 0.05) is 66.1 Å². The van der Waals surface area contributed by atoms with E-state index in [0.29, 0.717) is 11.6 Å². The number of aliphatic hydroxyl groups is 1. The maximum Gasteiger partial charge on any atom is 0.137 e. The predicted octanol–water partition coefficient (Wildman–Crippen LogP) is 5.32. The average Bonchev–Trinajstić information content (AvgIpc) is 3.42. The lowest BCUT2D eigenvalue weighted by Crippen LogP contribution is -2.46. The van der Waals surface area contributed by atoms with Gasteiger partial charge in [0.15, 0.2) is 0 Å². The Morgan fingerprint density at radius 2 is 1.73 bits per heavy atom. The minimum atomic E-state index is -1.65. The second kappa shape index (κ2) is 12.2. The number of nitrogens with zero attached hydrogens (tertiary/aromatic N) is 6. The van der Waals surface area contributed by atoms with Crippen LogP contribution in [-0.2, 0) is 18.7 Å². The topological polar surface area (TPSA) is 60.7 Å². The molecule has 4 aromatic rings. The van der Waals surface area contributed by atoms with Gasteiger partial charge in [0.25, 0.3) is 0 Å². The highest BCUT2D eigenvalue weighted by atomic mass is 79.9. The summed E-state index contributed by atoms with van der Waals surface area (Å²) in [7, 11) is 1.86. The number of hydrogen-bond acceptors (Lipinski definition) is 6. The van der Waals surface area contributed by atoms with Crippen molar-refractivity contribution in [3.05, 3.63) is 106 Å². The molecule has 1 aliphatic rings. The number of likely N-dealkylation sites (N-methyl/N-ethyl adjacent to an activating group) is 1. The van der Waals surface area contributed by atoms with E-state index < -0.39 is 17.2 Å². The lowest BCUT2D eigenvalue weighted by Gasteiger charge is -2.38. The molecule has 1 saturated heterocycles. The molecule has 0 amide bonds. The zero-order chi connectivity index (χ0) is 28.3. The zero-order valence-corrected chi connectivity index (χ0v) is 24.4. The van der Waals surface area contributed by atoms with Crippen LogP contribution in [-0.4, -0.2) is 64.5 Å². The molecule has 1 unspecified atom stereocenters. The summed E-state index contributed by atoms with van der Waals surface area (Å²) in [5.74, 6) is -1.50. The van der Waals surface area contributed by atoms with E-state index in [0.717, 1.165) is 59.7 Å². The van der Waals surface area contributed by atoms with Crippen molar-refractivity contribution in [2.24, 2.45) is 0 Å². The normalized spacial score (nSPS) is 15.5. The van der Waals surface area contributed by atoms with Crippen LogP contribution in [0.3, 0.4) is 0 Å². The molecule has 0 radical (unpaired) electrons. The monoisotopic (exact) mass is 630 g/mol. The van der Waals surface area contributed by atoms with Crippen LogP contribution in [0.15, 0.2) is 77.8 Å². The first-order chi connectivity index (χ1) is 19.2. The van der Waals surface area contributed by atoms with Crippen LogP contribution < -0.4 is 9.80 Å². The largest absolute Gasteiger partial charge is 0.382 e. The summed E-state index contributed by atoms with van der Waals surface area (Å²) in [6, 6.07) is 17.5. The van der Waals surface area contributed by atoms with Crippen LogP contribution in [0.25, 0.3) is 0 Å². The minimum Gasteiger partial charge on any atom is -0.382 e. The molecule has 0 bridgehead atoms. The standard InChI is InChI=1S/C29H30BrClF2N6O/c1-36(17-29(40,18-39-20-34-19-35-39)25-8-5-23(32)15-27(25)33)16-21-2-6-24(7-3-21)37-10-12-38(13-11-37)28-9-4-22(31)14-26(28)30/h2-9,14-15,19-20,40H,10-13,16-18H2,1H3. The maximum absolute atomic E-state index is 14.8. The van der Waals surface area contributed by atoms with Gasteiger partial charge in [-0.05, 0) is 64.9 Å². The van der Waals surface area contributed by atoms with E-state index in [9.17, 15) is 13.9 Å². The van der Waals surface area contributed by atoms with Gasteiger partial charge in [0.2, 0.25) is 0 Å². The fraction of sp³-hybridized carbons (Fsp3) is 0.310. The first-order valence-electron chi connectivity index (χ1n) is 12.9. The Balaban J connectivity index is 1.22. The molecule has 11 heteroatoms. The lowest BCUT2D eigenvalue weighted by atomic mass is 9.92. The van der Waals surface area contributed by atoms with Crippen molar-refractivity contribution in [3.8, 4) is 0 Å². The van der Waals surface area contributed by atoms with Crippen LogP contribution in [0.5, 0.6) is 0 Å². The van der Waals surface area contributed by atoms with Gasteiger partial charge in [-0.2, -0.15) is 5.10 Å². The average molecular weight is 632 g/mol. The smallest absolute Gasteiger partial charge is 0.137 e. The zero-order valence-electron chi connectivity index (χ0n) is 22.0. The van der Waals surface area contributed by atoms with E-state index >= 15 is 0 Å². The summed E-state index contributed by atoms with van der Waals surface area (Å²) in [6.07, 6.45) is 2.81. The number of benzene rings is 3. The Bertz CT molecular complexity index is 1430. The van der Waals surface area contributed by atoms with Crippen LogP contribution in [0, 0.1) is 11.6 Å². The van der Waals surface area contributed by atoms with Gasteiger partial charge in [-0.25, -0.2) is 18.4 Å². The van der Waals surface area contributed by atoms with Crippen LogP contribution in [0.2, 0.25) is 5.02 Å². The van der Waals surface area contributed by atoms with E-state index in [2.05, 4.69) is 60.1 Å². The molecular weight excluding hydrogens is 602 g/mol. The first-order valence-corrected chi connectivity index (χ1v) is 14.1. The van der Waals surface area contributed by atoms with Crippen LogP contribution >= 0.6 is 27.5 Å². The molecule has 1 aliphatic heterocycles. The van der Waals surface area contributed by atoms with Crippen molar-refractivity contribution in [2.75, 3.05) is 49.6 Å². The van der Waals surface area contributed by atoms with Gasteiger partial charge in [0.1, 0.15) is 29.9 Å². The number of piperazine rings is 1. The number of rotatable bonds is 9. The summed E-state index contributed by atoms with van der Waals surface area (Å²) in [4.78, 5) is 10.5. The molecule has 1 aromatic heterocycles. The Morgan fingerprint density at radius 1 is 1.00 bits per heavy atom. The van der Waals surface area contributed by atoms with Crippen molar-refractivity contribution in [1.29, 1.82) is 0 Å². The van der Waals surface area contributed by atoms with Gasteiger partial charge in [-0.1, -0.05) is 29.8 Å². The second-order valence-corrected chi connectivity index (χ2v) is 11.4. The summed E-state index contributed by atoms with van der Waals surface area (Å²) >= 11 is 9.72.